The van der Waals surface area contributed by atoms with Crippen LogP contribution >= 0.6 is 0 Å². The van der Waals surface area contributed by atoms with Crippen LogP contribution in [0.25, 0.3) is 0 Å². The first kappa shape index (κ1) is 16.3. The molecule has 126 valence electrons. The highest BCUT2D eigenvalue weighted by molar-refractivity contribution is 5.94. The van der Waals surface area contributed by atoms with Crippen LogP contribution in [0.1, 0.15) is 23.2 Å². The topological polar surface area (TPSA) is 41.6 Å². The van der Waals surface area contributed by atoms with E-state index in [0.717, 1.165) is 37.4 Å². The van der Waals surface area contributed by atoms with E-state index in [9.17, 15) is 9.18 Å². The minimum absolute atomic E-state index is 0.121. The van der Waals surface area contributed by atoms with E-state index in [-0.39, 0.29) is 11.9 Å². The monoisotopic (exact) mass is 328 g/mol. The summed E-state index contributed by atoms with van der Waals surface area (Å²) in [6.45, 7) is 1.75. The Morgan fingerprint density at radius 2 is 1.88 bits per heavy atom. The first-order chi connectivity index (χ1) is 11.7. The number of halogens is 1. The first-order valence-corrected chi connectivity index (χ1v) is 8.11. The molecule has 0 saturated carbocycles. The third kappa shape index (κ3) is 3.85. The Hall–Kier alpha value is -2.56. The Bertz CT molecular complexity index is 695. The third-order valence-electron chi connectivity index (χ3n) is 4.35. The number of piperidine rings is 1. The predicted molar refractivity (Wildman–Crippen MR) is 92.1 cm³/mol. The van der Waals surface area contributed by atoms with E-state index in [1.807, 2.05) is 24.3 Å². The molecule has 4 nitrogen and oxygen atoms in total. The Balaban J connectivity index is 1.54. The lowest BCUT2D eigenvalue weighted by atomic mass is 10.0. The normalized spacial score (nSPS) is 15.2. The van der Waals surface area contributed by atoms with Crippen molar-refractivity contribution < 1.29 is 13.9 Å². The first-order valence-electron chi connectivity index (χ1n) is 8.11. The SMILES string of the molecule is COc1ccc(N2CCC(NC(=O)c3cccc(F)c3)CC2)cc1. The number of nitrogens with zero attached hydrogens (tertiary/aromatic N) is 1. The number of carbonyl (C=O) groups is 1. The second-order valence-corrected chi connectivity index (χ2v) is 5.94. The van der Waals surface area contributed by atoms with Crippen LogP contribution in [0.2, 0.25) is 0 Å². The maximum Gasteiger partial charge on any atom is 0.251 e. The summed E-state index contributed by atoms with van der Waals surface area (Å²) in [7, 11) is 1.65. The highest BCUT2D eigenvalue weighted by Crippen LogP contribution is 2.23. The van der Waals surface area contributed by atoms with Gasteiger partial charge >= 0.3 is 0 Å². The molecule has 0 radical (unpaired) electrons. The molecule has 1 N–H and O–H groups in total. The van der Waals surface area contributed by atoms with Gasteiger partial charge in [-0.25, -0.2) is 4.39 Å². The summed E-state index contributed by atoms with van der Waals surface area (Å²) >= 11 is 0. The molecule has 1 amide bonds. The largest absolute Gasteiger partial charge is 0.497 e. The minimum atomic E-state index is -0.392. The van der Waals surface area contributed by atoms with Crippen LogP contribution in [0.15, 0.2) is 48.5 Å². The number of amides is 1. The molecule has 5 heteroatoms. The van der Waals surface area contributed by atoms with Crippen LogP contribution < -0.4 is 15.0 Å². The van der Waals surface area contributed by atoms with E-state index in [2.05, 4.69) is 10.2 Å². The third-order valence-corrected chi connectivity index (χ3v) is 4.35. The standard InChI is InChI=1S/C19H21FN2O2/c1-24-18-7-5-17(6-8-18)22-11-9-16(10-12-22)21-19(23)14-3-2-4-15(20)13-14/h2-8,13,16H,9-12H2,1H3,(H,21,23). The average Bonchev–Trinajstić information content (AvgIpc) is 2.62. The molecule has 0 spiro atoms. The molecule has 0 aliphatic carbocycles. The van der Waals surface area contributed by atoms with Gasteiger partial charge in [-0.2, -0.15) is 0 Å². The quantitative estimate of drug-likeness (QED) is 0.937. The number of rotatable bonds is 4. The zero-order chi connectivity index (χ0) is 16.9. The van der Waals surface area contributed by atoms with Crippen molar-refractivity contribution >= 4 is 11.6 Å². The molecule has 1 saturated heterocycles. The van der Waals surface area contributed by atoms with Gasteiger partial charge in [-0.05, 0) is 55.3 Å². The van der Waals surface area contributed by atoms with Gasteiger partial charge in [0.2, 0.25) is 0 Å². The predicted octanol–water partition coefficient (Wildman–Crippen LogP) is 3.23. The van der Waals surface area contributed by atoms with Gasteiger partial charge in [-0.1, -0.05) is 6.07 Å². The van der Waals surface area contributed by atoms with Crippen molar-refractivity contribution in [3.8, 4) is 5.75 Å². The Morgan fingerprint density at radius 1 is 1.17 bits per heavy atom. The van der Waals surface area contributed by atoms with E-state index in [0.29, 0.717) is 5.56 Å². The van der Waals surface area contributed by atoms with Crippen molar-refractivity contribution in [2.75, 3.05) is 25.1 Å². The number of benzene rings is 2. The number of hydrogen-bond acceptors (Lipinski definition) is 3. The number of nitrogens with one attached hydrogen (secondary N) is 1. The van der Waals surface area contributed by atoms with Crippen molar-refractivity contribution in [3.63, 3.8) is 0 Å². The summed E-state index contributed by atoms with van der Waals surface area (Å²) in [5.41, 5.74) is 1.53. The molecule has 1 heterocycles. The van der Waals surface area contributed by atoms with E-state index in [1.54, 1.807) is 19.2 Å². The molecular formula is C19H21FN2O2. The van der Waals surface area contributed by atoms with Gasteiger partial charge in [0.05, 0.1) is 7.11 Å². The number of hydrogen-bond donors (Lipinski definition) is 1. The molecule has 3 rings (SSSR count). The summed E-state index contributed by atoms with van der Waals surface area (Å²) in [6.07, 6.45) is 1.74. The van der Waals surface area contributed by atoms with Crippen molar-refractivity contribution in [3.05, 3.63) is 59.9 Å². The molecule has 0 aromatic heterocycles. The van der Waals surface area contributed by atoms with Crippen molar-refractivity contribution in [1.82, 2.24) is 5.32 Å². The highest BCUT2D eigenvalue weighted by Gasteiger charge is 2.21. The van der Waals surface area contributed by atoms with Gasteiger partial charge in [0.25, 0.3) is 5.91 Å². The van der Waals surface area contributed by atoms with Gasteiger partial charge in [0.15, 0.2) is 0 Å². The Morgan fingerprint density at radius 3 is 2.50 bits per heavy atom. The fourth-order valence-electron chi connectivity index (χ4n) is 2.97. The number of methoxy groups -OCH3 is 1. The summed E-state index contributed by atoms with van der Waals surface area (Å²) < 4.78 is 18.4. The molecule has 0 bridgehead atoms. The molecular weight excluding hydrogens is 307 g/mol. The summed E-state index contributed by atoms with van der Waals surface area (Å²) in [5, 5.41) is 3.00. The van der Waals surface area contributed by atoms with E-state index < -0.39 is 5.82 Å². The molecule has 0 unspecified atom stereocenters. The molecule has 1 aliphatic rings. The Kier molecular flexibility index (Phi) is 4.99. The van der Waals surface area contributed by atoms with Crippen LogP contribution in [0.5, 0.6) is 5.75 Å². The zero-order valence-corrected chi connectivity index (χ0v) is 13.7. The second-order valence-electron chi connectivity index (χ2n) is 5.94. The molecule has 2 aromatic carbocycles. The van der Waals surface area contributed by atoms with Crippen molar-refractivity contribution in [2.24, 2.45) is 0 Å². The van der Waals surface area contributed by atoms with Crippen LogP contribution in [-0.2, 0) is 0 Å². The zero-order valence-electron chi connectivity index (χ0n) is 13.7. The van der Waals surface area contributed by atoms with Crippen LogP contribution in [0.4, 0.5) is 10.1 Å². The highest BCUT2D eigenvalue weighted by atomic mass is 19.1. The van der Waals surface area contributed by atoms with E-state index >= 15 is 0 Å². The Labute approximate surface area is 141 Å². The second kappa shape index (κ2) is 7.34. The maximum absolute atomic E-state index is 13.2. The van der Waals surface area contributed by atoms with Gasteiger partial charge in [-0.15, -0.1) is 0 Å². The maximum atomic E-state index is 13.2. The van der Waals surface area contributed by atoms with Crippen molar-refractivity contribution in [2.45, 2.75) is 18.9 Å². The number of ether oxygens (including phenoxy) is 1. The minimum Gasteiger partial charge on any atom is -0.497 e. The fraction of sp³-hybridized carbons (Fsp3) is 0.316. The van der Waals surface area contributed by atoms with Gasteiger partial charge in [0, 0.05) is 30.4 Å². The van der Waals surface area contributed by atoms with E-state index in [4.69, 9.17) is 4.74 Å². The smallest absolute Gasteiger partial charge is 0.251 e. The van der Waals surface area contributed by atoms with Crippen LogP contribution in [0.3, 0.4) is 0 Å². The number of carbonyl (C=O) groups excluding carboxylic acids is 1. The molecule has 1 fully saturated rings. The average molecular weight is 328 g/mol. The molecule has 1 aliphatic heterocycles. The molecule has 2 aromatic rings. The summed E-state index contributed by atoms with van der Waals surface area (Å²) in [5.74, 6) is 0.241. The van der Waals surface area contributed by atoms with E-state index in [1.165, 1.54) is 12.1 Å². The van der Waals surface area contributed by atoms with Gasteiger partial charge < -0.3 is 15.0 Å². The lowest BCUT2D eigenvalue weighted by Gasteiger charge is -2.34. The fourth-order valence-corrected chi connectivity index (χ4v) is 2.97. The molecule has 0 atom stereocenters. The van der Waals surface area contributed by atoms with Gasteiger partial charge in [-0.3, -0.25) is 4.79 Å². The number of anilines is 1. The van der Waals surface area contributed by atoms with Crippen molar-refractivity contribution in [1.29, 1.82) is 0 Å². The lowest BCUT2D eigenvalue weighted by Crippen LogP contribution is -2.44. The lowest BCUT2D eigenvalue weighted by molar-refractivity contribution is 0.0930. The summed E-state index contributed by atoms with van der Waals surface area (Å²) in [6, 6.07) is 13.9. The van der Waals surface area contributed by atoms with Crippen LogP contribution in [-0.4, -0.2) is 32.1 Å². The summed E-state index contributed by atoms with van der Waals surface area (Å²) in [4.78, 5) is 14.5. The molecule has 24 heavy (non-hydrogen) atoms. The van der Waals surface area contributed by atoms with Crippen LogP contribution in [0, 0.1) is 5.82 Å². The van der Waals surface area contributed by atoms with Gasteiger partial charge in [0.1, 0.15) is 11.6 Å².